The van der Waals surface area contributed by atoms with E-state index in [0.29, 0.717) is 24.0 Å². The molecular formula is C25H42N4O2. The Hall–Kier alpha value is -1.59. The van der Waals surface area contributed by atoms with Crippen molar-refractivity contribution in [1.29, 1.82) is 0 Å². The molecule has 0 spiro atoms. The van der Waals surface area contributed by atoms with Crippen LogP contribution in [-0.2, 0) is 9.59 Å². The van der Waals surface area contributed by atoms with Crippen LogP contribution >= 0.6 is 0 Å². The molecule has 2 amide bonds. The van der Waals surface area contributed by atoms with Crippen molar-refractivity contribution >= 4 is 18.3 Å². The molecular weight excluding hydrogens is 388 g/mol. The lowest BCUT2D eigenvalue weighted by Crippen LogP contribution is -2.46. The zero-order chi connectivity index (χ0) is 21.8. The van der Waals surface area contributed by atoms with E-state index in [1.165, 1.54) is 44.9 Å². The Morgan fingerprint density at radius 1 is 1.00 bits per heavy atom. The van der Waals surface area contributed by atoms with Crippen LogP contribution in [0.5, 0.6) is 0 Å². The van der Waals surface area contributed by atoms with Gasteiger partial charge in [-0.25, -0.2) is 4.99 Å². The van der Waals surface area contributed by atoms with E-state index < -0.39 is 5.54 Å². The van der Waals surface area contributed by atoms with Crippen LogP contribution in [-0.4, -0.2) is 52.7 Å². The van der Waals surface area contributed by atoms with Gasteiger partial charge in [-0.3, -0.25) is 14.5 Å². The fourth-order valence-electron chi connectivity index (χ4n) is 6.94. The number of aliphatic imine (C=N–C) groups is 1. The van der Waals surface area contributed by atoms with Crippen molar-refractivity contribution in [1.82, 2.24) is 9.80 Å². The van der Waals surface area contributed by atoms with E-state index in [1.54, 1.807) is 11.9 Å². The number of rotatable bonds is 8. The fraction of sp³-hybridized carbons (Fsp3) is 0.880. The van der Waals surface area contributed by atoms with Crippen LogP contribution in [0.2, 0.25) is 0 Å². The minimum absolute atomic E-state index is 0.0889. The molecule has 0 radical (unpaired) electrons. The number of hydrogen-bond donors (Lipinski definition) is 1. The normalized spacial score (nSPS) is 33.0. The van der Waals surface area contributed by atoms with Crippen molar-refractivity contribution in [3.8, 4) is 0 Å². The minimum atomic E-state index is -0.678. The molecule has 0 saturated heterocycles. The Morgan fingerprint density at radius 2 is 1.65 bits per heavy atom. The molecule has 1 unspecified atom stereocenters. The van der Waals surface area contributed by atoms with E-state index >= 15 is 0 Å². The zero-order valence-corrected chi connectivity index (χ0v) is 19.4. The van der Waals surface area contributed by atoms with Crippen LogP contribution in [0.25, 0.3) is 0 Å². The number of hydrogen-bond acceptors (Lipinski definition) is 4. The van der Waals surface area contributed by atoms with Crippen LogP contribution in [0.4, 0.5) is 0 Å². The molecule has 1 aliphatic heterocycles. The first kappa shape index (κ1) is 22.6. The molecule has 174 valence electrons. The van der Waals surface area contributed by atoms with Crippen molar-refractivity contribution < 1.29 is 9.59 Å². The van der Waals surface area contributed by atoms with Gasteiger partial charge in [-0.1, -0.05) is 57.8 Å². The van der Waals surface area contributed by atoms with E-state index in [1.807, 2.05) is 0 Å². The third-order valence-electron chi connectivity index (χ3n) is 8.74. The number of carbonyl (C=O) groups excluding carboxylic acids is 2. The molecule has 4 rings (SSSR count). The van der Waals surface area contributed by atoms with Crippen molar-refractivity contribution in [3.05, 3.63) is 0 Å². The first-order chi connectivity index (χ1) is 15.0. The highest BCUT2D eigenvalue weighted by atomic mass is 16.2. The van der Waals surface area contributed by atoms with Crippen LogP contribution < -0.4 is 5.73 Å². The van der Waals surface area contributed by atoms with Gasteiger partial charge in [-0.05, 0) is 56.8 Å². The van der Waals surface area contributed by atoms with Crippen molar-refractivity contribution in [3.63, 3.8) is 0 Å². The van der Waals surface area contributed by atoms with Crippen molar-refractivity contribution in [2.45, 2.75) is 120 Å². The molecule has 0 aromatic carbocycles. The Bertz CT molecular complexity index is 668. The van der Waals surface area contributed by atoms with Gasteiger partial charge in [0.1, 0.15) is 5.54 Å². The van der Waals surface area contributed by atoms with Crippen molar-refractivity contribution in [2.75, 3.05) is 7.05 Å². The van der Waals surface area contributed by atoms with Gasteiger partial charge < -0.3 is 10.6 Å². The maximum atomic E-state index is 13.3. The smallest absolute Gasteiger partial charge is 0.257 e. The standard InChI is InChI=1S/C25H42N4O2/c1-28-23(31)25(27-24(28)26,15-14-19-8-3-2-4-9-19)17-20-10-7-13-22(16-20)29(18-30)21-11-5-6-12-21/h18-22H,2-17H2,1H3,(H2,26,27)/t20-,22?,25+/m0/s1. The molecule has 0 aromatic heterocycles. The van der Waals surface area contributed by atoms with Gasteiger partial charge in [-0.15, -0.1) is 0 Å². The highest BCUT2D eigenvalue weighted by Gasteiger charge is 2.48. The number of carbonyl (C=O) groups is 2. The topological polar surface area (TPSA) is 79.0 Å². The van der Waals surface area contributed by atoms with Gasteiger partial charge in [0.05, 0.1) is 0 Å². The Morgan fingerprint density at radius 3 is 2.29 bits per heavy atom. The van der Waals surface area contributed by atoms with E-state index in [4.69, 9.17) is 10.7 Å². The van der Waals surface area contributed by atoms with E-state index in [-0.39, 0.29) is 5.91 Å². The monoisotopic (exact) mass is 430 g/mol. The van der Waals surface area contributed by atoms with E-state index in [2.05, 4.69) is 4.90 Å². The summed E-state index contributed by atoms with van der Waals surface area (Å²) >= 11 is 0. The van der Waals surface area contributed by atoms with Gasteiger partial charge in [0.2, 0.25) is 6.41 Å². The molecule has 3 fully saturated rings. The zero-order valence-electron chi connectivity index (χ0n) is 19.4. The largest absolute Gasteiger partial charge is 0.369 e. The summed E-state index contributed by atoms with van der Waals surface area (Å²) in [6.45, 7) is 0. The molecule has 0 bridgehead atoms. The average molecular weight is 431 g/mol. The summed E-state index contributed by atoms with van der Waals surface area (Å²) in [6, 6.07) is 0.750. The molecule has 6 nitrogen and oxygen atoms in total. The average Bonchev–Trinajstić information content (AvgIpc) is 3.38. The molecule has 4 aliphatic rings. The summed E-state index contributed by atoms with van der Waals surface area (Å²) in [6.07, 6.45) is 19.5. The van der Waals surface area contributed by atoms with Crippen LogP contribution in [0.3, 0.4) is 0 Å². The lowest BCUT2D eigenvalue weighted by molar-refractivity contribution is -0.132. The third kappa shape index (κ3) is 4.93. The molecule has 3 saturated carbocycles. The highest BCUT2D eigenvalue weighted by Crippen LogP contribution is 2.41. The molecule has 0 aromatic rings. The van der Waals surface area contributed by atoms with E-state index in [0.717, 1.165) is 70.1 Å². The maximum Gasteiger partial charge on any atom is 0.257 e. The van der Waals surface area contributed by atoms with E-state index in [9.17, 15) is 9.59 Å². The minimum Gasteiger partial charge on any atom is -0.369 e. The molecule has 2 N–H and O–H groups in total. The number of amides is 2. The molecule has 6 heteroatoms. The summed E-state index contributed by atoms with van der Waals surface area (Å²) in [5, 5.41) is 0. The van der Waals surface area contributed by atoms with Gasteiger partial charge in [0, 0.05) is 19.1 Å². The summed E-state index contributed by atoms with van der Waals surface area (Å²) in [5.41, 5.74) is 5.46. The second-order valence-electron chi connectivity index (χ2n) is 10.8. The number of guanidine groups is 1. The third-order valence-corrected chi connectivity index (χ3v) is 8.74. The molecule has 31 heavy (non-hydrogen) atoms. The molecule has 3 aliphatic carbocycles. The first-order valence-electron chi connectivity index (χ1n) is 12.9. The van der Waals surface area contributed by atoms with Crippen LogP contribution in [0.1, 0.15) is 103 Å². The molecule has 3 atom stereocenters. The summed E-state index contributed by atoms with van der Waals surface area (Å²) in [5.74, 6) is 1.63. The van der Waals surface area contributed by atoms with Gasteiger partial charge in [0.15, 0.2) is 5.96 Å². The first-order valence-corrected chi connectivity index (χ1v) is 12.9. The van der Waals surface area contributed by atoms with Gasteiger partial charge >= 0.3 is 0 Å². The number of likely N-dealkylation sites (N-methyl/N-ethyl adjacent to an activating group) is 1. The highest BCUT2D eigenvalue weighted by molar-refractivity contribution is 6.06. The second-order valence-corrected chi connectivity index (χ2v) is 10.8. The lowest BCUT2D eigenvalue weighted by Gasteiger charge is -2.40. The Kier molecular flexibility index (Phi) is 7.22. The Balaban J connectivity index is 1.44. The quantitative estimate of drug-likeness (QED) is 0.586. The predicted octanol–water partition coefficient (Wildman–Crippen LogP) is 4.22. The number of nitrogens with two attached hydrogens (primary N) is 1. The van der Waals surface area contributed by atoms with Gasteiger partial charge in [0.25, 0.3) is 5.91 Å². The van der Waals surface area contributed by atoms with Gasteiger partial charge in [-0.2, -0.15) is 0 Å². The van der Waals surface area contributed by atoms with Crippen LogP contribution in [0, 0.1) is 11.8 Å². The number of nitrogens with zero attached hydrogens (tertiary/aromatic N) is 3. The summed E-state index contributed by atoms with van der Waals surface area (Å²) in [7, 11) is 1.77. The second kappa shape index (κ2) is 9.91. The summed E-state index contributed by atoms with van der Waals surface area (Å²) in [4.78, 5) is 33.8. The predicted molar refractivity (Wildman–Crippen MR) is 123 cm³/mol. The lowest BCUT2D eigenvalue weighted by atomic mass is 9.74. The summed E-state index contributed by atoms with van der Waals surface area (Å²) < 4.78 is 0. The maximum absolute atomic E-state index is 13.3. The molecule has 1 heterocycles. The van der Waals surface area contributed by atoms with Crippen LogP contribution in [0.15, 0.2) is 4.99 Å². The fourth-order valence-corrected chi connectivity index (χ4v) is 6.94. The SMILES string of the molecule is CN1C(=O)[C@@](CCC2CCCCC2)(C[C@H]2CCCC(N(C=O)C3CCCC3)C2)N=C1N. The van der Waals surface area contributed by atoms with Crippen molar-refractivity contribution in [2.24, 2.45) is 22.6 Å². The Labute approximate surface area is 188 Å².